The van der Waals surface area contributed by atoms with E-state index >= 15 is 0 Å². The van der Waals surface area contributed by atoms with Crippen LogP contribution in [0.15, 0.2) is 60.8 Å². The van der Waals surface area contributed by atoms with Gasteiger partial charge in [-0.05, 0) is 36.1 Å². The molecule has 2 atom stereocenters. The Morgan fingerprint density at radius 3 is 2.35 bits per heavy atom. The van der Waals surface area contributed by atoms with Crippen LogP contribution in [-0.2, 0) is 16.0 Å². The molecule has 0 spiro atoms. The first-order chi connectivity index (χ1) is 14.9. The van der Waals surface area contributed by atoms with E-state index in [-0.39, 0.29) is 11.8 Å². The molecule has 1 fully saturated rings. The number of para-hydroxylation sites is 1. The van der Waals surface area contributed by atoms with Crippen molar-refractivity contribution in [3.05, 3.63) is 71.9 Å². The monoisotopic (exact) mass is 419 g/mol. The predicted molar refractivity (Wildman–Crippen MR) is 116 cm³/mol. The van der Waals surface area contributed by atoms with Crippen LogP contribution < -0.4 is 15.5 Å². The molecule has 0 radical (unpaired) electrons. The summed E-state index contributed by atoms with van der Waals surface area (Å²) in [6.45, 7) is 4.02. The Morgan fingerprint density at radius 1 is 0.968 bits per heavy atom. The molecule has 4 rings (SSSR count). The van der Waals surface area contributed by atoms with Gasteiger partial charge in [0, 0.05) is 18.0 Å². The van der Waals surface area contributed by atoms with E-state index in [2.05, 4.69) is 10.6 Å². The molecule has 3 aromatic rings. The van der Waals surface area contributed by atoms with Crippen LogP contribution in [-0.4, -0.2) is 34.6 Å². The number of nitrogens with one attached hydrogen (secondary N) is 2. The smallest absolute Gasteiger partial charge is 0.343 e. The number of amides is 2. The molecule has 2 heterocycles. The highest BCUT2D eigenvalue weighted by atomic mass is 16.7. The molecule has 2 N–H and O–H groups in total. The first-order valence-corrected chi connectivity index (χ1v) is 10.4. The summed E-state index contributed by atoms with van der Waals surface area (Å²) in [6.07, 6.45) is 2.59. The van der Waals surface area contributed by atoms with Crippen LogP contribution in [0.5, 0.6) is 0 Å². The molecule has 1 saturated heterocycles. The third-order valence-electron chi connectivity index (χ3n) is 5.35. The number of rotatable bonds is 6. The molecule has 7 heteroatoms. The van der Waals surface area contributed by atoms with Crippen LogP contribution in [0.3, 0.4) is 0 Å². The van der Waals surface area contributed by atoms with Crippen molar-refractivity contribution in [2.24, 2.45) is 5.92 Å². The quantitative estimate of drug-likeness (QED) is 0.642. The SMILES string of the molecule is CC(C)C[C@@H]1NC(=O)[C@H](Cc2cn(OC(=O)c3ccccc3)c3ccccc23)NC1=O. The average molecular weight is 419 g/mol. The molecule has 0 saturated carbocycles. The van der Waals surface area contributed by atoms with E-state index in [1.165, 1.54) is 4.73 Å². The fourth-order valence-electron chi connectivity index (χ4n) is 3.85. The molecule has 1 aliphatic heterocycles. The summed E-state index contributed by atoms with van der Waals surface area (Å²) in [7, 11) is 0. The molecule has 1 aromatic heterocycles. The lowest BCUT2D eigenvalue weighted by molar-refractivity contribution is -0.137. The van der Waals surface area contributed by atoms with Gasteiger partial charge in [-0.2, -0.15) is 4.73 Å². The number of hydrogen-bond donors (Lipinski definition) is 2. The first kappa shape index (κ1) is 20.7. The molecule has 0 bridgehead atoms. The topological polar surface area (TPSA) is 89.4 Å². The second-order valence-electron chi connectivity index (χ2n) is 8.20. The molecule has 7 nitrogen and oxygen atoms in total. The minimum Gasteiger partial charge on any atom is -0.343 e. The van der Waals surface area contributed by atoms with Crippen LogP contribution in [0.2, 0.25) is 0 Å². The second kappa shape index (κ2) is 8.63. The van der Waals surface area contributed by atoms with Gasteiger partial charge in [-0.1, -0.05) is 50.2 Å². The number of piperazine rings is 1. The van der Waals surface area contributed by atoms with Crippen molar-refractivity contribution in [3.63, 3.8) is 0 Å². The number of carbonyl (C=O) groups excluding carboxylic acids is 3. The zero-order valence-electron chi connectivity index (χ0n) is 17.5. The van der Waals surface area contributed by atoms with Gasteiger partial charge >= 0.3 is 5.97 Å². The Morgan fingerprint density at radius 2 is 1.61 bits per heavy atom. The van der Waals surface area contributed by atoms with Gasteiger partial charge < -0.3 is 15.5 Å². The van der Waals surface area contributed by atoms with Gasteiger partial charge in [0.05, 0.1) is 11.1 Å². The van der Waals surface area contributed by atoms with Gasteiger partial charge in [-0.15, -0.1) is 0 Å². The Balaban J connectivity index is 1.56. The summed E-state index contributed by atoms with van der Waals surface area (Å²) in [6, 6.07) is 15.0. The molecule has 31 heavy (non-hydrogen) atoms. The summed E-state index contributed by atoms with van der Waals surface area (Å²) >= 11 is 0. The van der Waals surface area contributed by atoms with Crippen molar-refractivity contribution in [1.29, 1.82) is 0 Å². The highest BCUT2D eigenvalue weighted by Crippen LogP contribution is 2.23. The van der Waals surface area contributed by atoms with E-state index in [0.717, 1.165) is 10.9 Å². The van der Waals surface area contributed by atoms with E-state index < -0.39 is 18.1 Å². The molecule has 2 amide bonds. The standard InChI is InChI=1S/C24H25N3O4/c1-15(2)12-19-22(28)26-20(23(29)25-19)13-17-14-27(21-11-7-6-10-18(17)21)31-24(30)16-8-4-3-5-9-16/h3-11,14-15,19-20H,12-13H2,1-2H3,(H,25,29)(H,26,28)/t19-,20-/m0/s1. The molecular weight excluding hydrogens is 394 g/mol. The number of hydrogen-bond acceptors (Lipinski definition) is 4. The molecule has 160 valence electrons. The fraction of sp³-hybridized carbons (Fsp3) is 0.292. The van der Waals surface area contributed by atoms with E-state index in [9.17, 15) is 14.4 Å². The van der Waals surface area contributed by atoms with Crippen molar-refractivity contribution < 1.29 is 19.2 Å². The summed E-state index contributed by atoms with van der Waals surface area (Å²) < 4.78 is 1.42. The van der Waals surface area contributed by atoms with Crippen LogP contribution in [0, 0.1) is 5.92 Å². The third kappa shape index (κ3) is 4.45. The van der Waals surface area contributed by atoms with Crippen LogP contribution >= 0.6 is 0 Å². The summed E-state index contributed by atoms with van der Waals surface area (Å²) in [5.74, 6) is -0.557. The lowest BCUT2D eigenvalue weighted by Crippen LogP contribution is -2.62. The third-order valence-corrected chi connectivity index (χ3v) is 5.35. The highest BCUT2D eigenvalue weighted by molar-refractivity contribution is 5.97. The maximum absolute atomic E-state index is 12.6. The van der Waals surface area contributed by atoms with Crippen LogP contribution in [0.1, 0.15) is 36.2 Å². The minimum absolute atomic E-state index is 0.169. The number of carbonyl (C=O) groups is 3. The molecular formula is C24H25N3O4. The van der Waals surface area contributed by atoms with Crippen molar-refractivity contribution in [1.82, 2.24) is 15.4 Å². The maximum atomic E-state index is 12.6. The van der Waals surface area contributed by atoms with E-state index in [4.69, 9.17) is 4.84 Å². The van der Waals surface area contributed by atoms with Crippen molar-refractivity contribution in [2.75, 3.05) is 0 Å². The summed E-state index contributed by atoms with van der Waals surface area (Å²) in [4.78, 5) is 43.2. The minimum atomic E-state index is -0.681. The zero-order valence-corrected chi connectivity index (χ0v) is 17.5. The molecule has 0 aliphatic carbocycles. The maximum Gasteiger partial charge on any atom is 0.363 e. The van der Waals surface area contributed by atoms with Gasteiger partial charge in [0.25, 0.3) is 0 Å². The number of benzene rings is 2. The van der Waals surface area contributed by atoms with E-state index in [1.807, 2.05) is 44.2 Å². The van der Waals surface area contributed by atoms with Crippen LogP contribution in [0.25, 0.3) is 10.9 Å². The lowest BCUT2D eigenvalue weighted by atomic mass is 9.97. The first-order valence-electron chi connectivity index (χ1n) is 10.4. The Hall–Kier alpha value is -3.61. The molecule has 1 aliphatic rings. The van der Waals surface area contributed by atoms with Crippen molar-refractivity contribution >= 4 is 28.7 Å². The van der Waals surface area contributed by atoms with Gasteiger partial charge in [0.1, 0.15) is 12.1 Å². The normalized spacial score (nSPS) is 18.7. The van der Waals surface area contributed by atoms with E-state index in [1.54, 1.807) is 30.5 Å². The lowest BCUT2D eigenvalue weighted by Gasteiger charge is -2.30. The highest BCUT2D eigenvalue weighted by Gasteiger charge is 2.34. The zero-order chi connectivity index (χ0) is 22.0. The van der Waals surface area contributed by atoms with Crippen molar-refractivity contribution in [2.45, 2.75) is 38.8 Å². The van der Waals surface area contributed by atoms with Gasteiger partial charge in [-0.3, -0.25) is 9.59 Å². The summed E-state index contributed by atoms with van der Waals surface area (Å²) in [5, 5.41) is 6.53. The van der Waals surface area contributed by atoms with E-state index in [0.29, 0.717) is 29.8 Å². The fourth-order valence-corrected chi connectivity index (χ4v) is 3.85. The molecule has 2 aromatic carbocycles. The Kier molecular flexibility index (Phi) is 5.75. The number of aromatic nitrogens is 1. The summed E-state index contributed by atoms with van der Waals surface area (Å²) in [5.41, 5.74) is 1.96. The Labute approximate surface area is 180 Å². The predicted octanol–water partition coefficient (Wildman–Crippen LogP) is 2.48. The average Bonchev–Trinajstić information content (AvgIpc) is 3.09. The largest absolute Gasteiger partial charge is 0.363 e. The van der Waals surface area contributed by atoms with Gasteiger partial charge in [-0.25, -0.2) is 4.79 Å². The second-order valence-corrected chi connectivity index (χ2v) is 8.20. The number of nitrogens with zero attached hydrogens (tertiary/aromatic N) is 1. The van der Waals surface area contributed by atoms with Gasteiger partial charge in [0.15, 0.2) is 0 Å². The Bertz CT molecular complexity index is 1120. The van der Waals surface area contributed by atoms with Gasteiger partial charge in [0.2, 0.25) is 11.8 Å². The number of fused-ring (bicyclic) bond motifs is 1. The molecule has 0 unspecified atom stereocenters. The van der Waals surface area contributed by atoms with Crippen LogP contribution in [0.4, 0.5) is 0 Å². The van der Waals surface area contributed by atoms with Crippen molar-refractivity contribution in [3.8, 4) is 0 Å².